The summed E-state index contributed by atoms with van der Waals surface area (Å²) in [4.78, 5) is 32.8. The van der Waals surface area contributed by atoms with E-state index in [1.807, 2.05) is 13.8 Å². The zero-order chi connectivity index (χ0) is 19.4. The van der Waals surface area contributed by atoms with E-state index >= 15 is 0 Å². The van der Waals surface area contributed by atoms with Crippen LogP contribution >= 0.6 is 22.9 Å². The number of amides is 2. The Hall–Kier alpha value is -1.92. The topological polar surface area (TPSA) is 62.3 Å². The maximum absolute atomic E-state index is 13.1. The molecule has 3 rings (SSSR count). The maximum Gasteiger partial charge on any atom is 0.254 e. The van der Waals surface area contributed by atoms with Crippen LogP contribution in [0, 0.1) is 13.8 Å². The molecule has 2 amide bonds. The fourth-order valence-electron chi connectivity index (χ4n) is 3.36. The van der Waals surface area contributed by atoms with Crippen LogP contribution in [0.25, 0.3) is 0 Å². The highest BCUT2D eigenvalue weighted by molar-refractivity contribution is 7.15. The summed E-state index contributed by atoms with van der Waals surface area (Å²) in [6, 6.07) is 6.93. The van der Waals surface area contributed by atoms with Crippen LogP contribution in [0.1, 0.15) is 53.0 Å². The molecule has 0 saturated heterocycles. The summed E-state index contributed by atoms with van der Waals surface area (Å²) < 4.78 is 0. The van der Waals surface area contributed by atoms with Gasteiger partial charge >= 0.3 is 0 Å². The molecule has 7 heteroatoms. The van der Waals surface area contributed by atoms with Gasteiger partial charge in [0, 0.05) is 21.5 Å². The van der Waals surface area contributed by atoms with E-state index in [1.54, 1.807) is 29.2 Å². The maximum atomic E-state index is 13.1. The van der Waals surface area contributed by atoms with Crippen molar-refractivity contribution in [2.45, 2.75) is 52.0 Å². The van der Waals surface area contributed by atoms with Gasteiger partial charge in [-0.05, 0) is 51.0 Å². The molecule has 1 aromatic heterocycles. The summed E-state index contributed by atoms with van der Waals surface area (Å²) in [6.45, 7) is 3.92. The molecule has 27 heavy (non-hydrogen) atoms. The number of hydrogen-bond acceptors (Lipinski definition) is 4. The number of nitrogens with zero attached hydrogens (tertiary/aromatic N) is 2. The molecule has 1 saturated carbocycles. The molecule has 0 bridgehead atoms. The minimum Gasteiger partial charge on any atom is -0.326 e. The fraction of sp³-hybridized carbons (Fsp3) is 0.450. The highest BCUT2D eigenvalue weighted by atomic mass is 35.5. The number of aryl methyl sites for hydroxylation is 2. The van der Waals surface area contributed by atoms with E-state index in [9.17, 15) is 9.59 Å². The predicted molar refractivity (Wildman–Crippen MR) is 110 cm³/mol. The summed E-state index contributed by atoms with van der Waals surface area (Å²) in [6.07, 6.45) is 5.22. The first-order valence-corrected chi connectivity index (χ1v) is 10.4. The molecule has 5 nitrogen and oxygen atoms in total. The largest absolute Gasteiger partial charge is 0.326 e. The molecule has 0 unspecified atom stereocenters. The molecular formula is C20H24ClN3O2S. The third kappa shape index (κ3) is 5.08. The van der Waals surface area contributed by atoms with Crippen LogP contribution in [0.5, 0.6) is 0 Å². The van der Waals surface area contributed by atoms with Gasteiger partial charge in [0.2, 0.25) is 5.91 Å². The monoisotopic (exact) mass is 405 g/mol. The number of hydrogen-bond donors (Lipinski definition) is 1. The molecule has 0 aliphatic heterocycles. The van der Waals surface area contributed by atoms with E-state index in [1.165, 1.54) is 17.8 Å². The smallest absolute Gasteiger partial charge is 0.254 e. The number of carbonyl (C=O) groups is 2. The molecule has 1 fully saturated rings. The number of thiazole rings is 1. The van der Waals surface area contributed by atoms with Crippen LogP contribution < -0.4 is 5.32 Å². The van der Waals surface area contributed by atoms with Crippen LogP contribution in [0.4, 0.5) is 5.13 Å². The highest BCUT2D eigenvalue weighted by Crippen LogP contribution is 2.25. The second-order valence-corrected chi connectivity index (χ2v) is 8.58. The molecule has 1 heterocycles. The van der Waals surface area contributed by atoms with Gasteiger partial charge in [0.1, 0.15) is 6.54 Å². The van der Waals surface area contributed by atoms with E-state index in [2.05, 4.69) is 10.3 Å². The summed E-state index contributed by atoms with van der Waals surface area (Å²) >= 11 is 7.39. The fourth-order valence-corrected chi connectivity index (χ4v) is 4.31. The molecule has 1 aromatic carbocycles. The second kappa shape index (κ2) is 8.85. The lowest BCUT2D eigenvalue weighted by atomic mass is 9.93. The third-order valence-electron chi connectivity index (χ3n) is 4.96. The number of benzene rings is 1. The van der Waals surface area contributed by atoms with Crippen LogP contribution in [0.3, 0.4) is 0 Å². The van der Waals surface area contributed by atoms with Crippen molar-refractivity contribution in [1.82, 2.24) is 9.88 Å². The molecule has 144 valence electrons. The lowest BCUT2D eigenvalue weighted by Crippen LogP contribution is -2.45. The van der Waals surface area contributed by atoms with Gasteiger partial charge in [-0.15, -0.1) is 11.3 Å². The summed E-state index contributed by atoms with van der Waals surface area (Å²) in [5.41, 5.74) is 1.47. The first kappa shape index (κ1) is 19.8. The quantitative estimate of drug-likeness (QED) is 0.775. The Morgan fingerprint density at radius 1 is 1.19 bits per heavy atom. The van der Waals surface area contributed by atoms with Gasteiger partial charge in [0.15, 0.2) is 5.13 Å². The molecule has 1 N–H and O–H groups in total. The van der Waals surface area contributed by atoms with Gasteiger partial charge in [-0.25, -0.2) is 4.98 Å². The number of nitrogens with one attached hydrogen (secondary N) is 1. The number of rotatable bonds is 5. The van der Waals surface area contributed by atoms with Crippen molar-refractivity contribution < 1.29 is 9.59 Å². The van der Waals surface area contributed by atoms with Crippen LogP contribution in [0.2, 0.25) is 5.02 Å². The Labute approximate surface area is 168 Å². The SMILES string of the molecule is Cc1nc(NC(=O)CN(C(=O)c2ccc(Cl)cc2)C2CCCCC2)sc1C. The zero-order valence-electron chi connectivity index (χ0n) is 15.6. The normalized spacial score (nSPS) is 14.8. The summed E-state index contributed by atoms with van der Waals surface area (Å²) in [5.74, 6) is -0.336. The lowest BCUT2D eigenvalue weighted by Gasteiger charge is -2.34. The predicted octanol–water partition coefficient (Wildman–Crippen LogP) is 4.83. The van der Waals surface area contributed by atoms with Gasteiger partial charge in [-0.1, -0.05) is 30.9 Å². The molecule has 0 radical (unpaired) electrons. The summed E-state index contributed by atoms with van der Waals surface area (Å²) in [7, 11) is 0. The Bertz CT molecular complexity index is 794. The van der Waals surface area contributed by atoms with Gasteiger partial charge in [-0.3, -0.25) is 9.59 Å². The Kier molecular flexibility index (Phi) is 6.50. The van der Waals surface area contributed by atoms with Crippen molar-refractivity contribution in [2.24, 2.45) is 0 Å². The van der Waals surface area contributed by atoms with Crippen LogP contribution in [-0.4, -0.2) is 34.3 Å². The number of halogens is 1. The van der Waals surface area contributed by atoms with Gasteiger partial charge in [0.05, 0.1) is 5.69 Å². The zero-order valence-corrected chi connectivity index (χ0v) is 17.2. The third-order valence-corrected chi connectivity index (χ3v) is 6.20. The average molecular weight is 406 g/mol. The van der Waals surface area contributed by atoms with Crippen molar-refractivity contribution in [3.63, 3.8) is 0 Å². The molecule has 0 spiro atoms. The molecule has 0 atom stereocenters. The first-order chi connectivity index (χ1) is 12.9. The van der Waals surface area contributed by atoms with Crippen molar-refractivity contribution in [1.29, 1.82) is 0 Å². The van der Waals surface area contributed by atoms with Crippen molar-refractivity contribution >= 4 is 39.9 Å². The average Bonchev–Trinajstić information content (AvgIpc) is 2.97. The number of carbonyl (C=O) groups excluding carboxylic acids is 2. The van der Waals surface area contributed by atoms with Crippen LogP contribution in [-0.2, 0) is 4.79 Å². The van der Waals surface area contributed by atoms with E-state index in [4.69, 9.17) is 11.6 Å². The Morgan fingerprint density at radius 2 is 1.85 bits per heavy atom. The van der Waals surface area contributed by atoms with Crippen molar-refractivity contribution in [3.8, 4) is 0 Å². The minimum absolute atomic E-state index is 0.0315. The standard InChI is InChI=1S/C20H24ClN3O2S/c1-13-14(2)27-20(22-13)23-18(25)12-24(17-6-4-3-5-7-17)19(26)15-8-10-16(21)11-9-15/h8-11,17H,3-7,12H2,1-2H3,(H,22,23,25). The summed E-state index contributed by atoms with van der Waals surface area (Å²) in [5, 5.41) is 4.01. The van der Waals surface area contributed by atoms with E-state index in [-0.39, 0.29) is 24.4 Å². The van der Waals surface area contributed by atoms with Gasteiger partial charge in [-0.2, -0.15) is 0 Å². The van der Waals surface area contributed by atoms with E-state index in [0.717, 1.165) is 36.3 Å². The van der Waals surface area contributed by atoms with E-state index in [0.29, 0.717) is 15.7 Å². The van der Waals surface area contributed by atoms with E-state index < -0.39 is 0 Å². The molecular weight excluding hydrogens is 382 g/mol. The van der Waals surface area contributed by atoms with Gasteiger partial charge < -0.3 is 10.2 Å². The Morgan fingerprint density at radius 3 is 2.44 bits per heavy atom. The lowest BCUT2D eigenvalue weighted by molar-refractivity contribution is -0.117. The van der Waals surface area contributed by atoms with Crippen molar-refractivity contribution in [3.05, 3.63) is 45.4 Å². The van der Waals surface area contributed by atoms with Crippen LogP contribution in [0.15, 0.2) is 24.3 Å². The Balaban J connectivity index is 1.75. The first-order valence-electron chi connectivity index (χ1n) is 9.24. The minimum atomic E-state index is -0.211. The highest BCUT2D eigenvalue weighted by Gasteiger charge is 2.28. The van der Waals surface area contributed by atoms with Crippen molar-refractivity contribution in [2.75, 3.05) is 11.9 Å². The molecule has 1 aliphatic rings. The number of anilines is 1. The van der Waals surface area contributed by atoms with Gasteiger partial charge in [0.25, 0.3) is 5.91 Å². The number of aromatic nitrogens is 1. The molecule has 2 aromatic rings. The molecule has 1 aliphatic carbocycles. The second-order valence-electron chi connectivity index (χ2n) is 6.94.